The minimum atomic E-state index is 0.0978. The molecule has 2 nitrogen and oxygen atoms in total. The maximum Gasteiger partial charge on any atom is 0.149 e. The summed E-state index contributed by atoms with van der Waals surface area (Å²) in [7, 11) is 0. The van der Waals surface area contributed by atoms with Crippen molar-refractivity contribution in [3.8, 4) is 0 Å². The van der Waals surface area contributed by atoms with Gasteiger partial charge in [-0.05, 0) is 33.7 Å². The van der Waals surface area contributed by atoms with Crippen molar-refractivity contribution in [2.75, 3.05) is 13.1 Å². The summed E-state index contributed by atoms with van der Waals surface area (Å²) in [6, 6.07) is 0. The molecule has 0 unspecified atom stereocenters. The van der Waals surface area contributed by atoms with Crippen LogP contribution in [0.4, 0.5) is 0 Å². The molecule has 0 atom stereocenters. The second kappa shape index (κ2) is 5.50. The Hall–Kier alpha value is -0.370. The molecule has 0 radical (unpaired) electrons. The first-order valence-corrected chi connectivity index (χ1v) is 5.56. The molecule has 0 rings (SSSR count). The zero-order chi connectivity index (χ0) is 11.4. The molecular formula is C12H25NO. The number of rotatable bonds is 5. The van der Waals surface area contributed by atoms with Crippen LogP contribution < -0.4 is 0 Å². The third-order valence-electron chi connectivity index (χ3n) is 2.43. The quantitative estimate of drug-likeness (QED) is 0.678. The topological polar surface area (TPSA) is 20.3 Å². The van der Waals surface area contributed by atoms with E-state index < -0.39 is 0 Å². The molecule has 0 bridgehead atoms. The van der Waals surface area contributed by atoms with Gasteiger partial charge in [-0.2, -0.15) is 0 Å². The highest BCUT2D eigenvalue weighted by Crippen LogP contribution is 2.14. The van der Waals surface area contributed by atoms with Crippen molar-refractivity contribution in [3.63, 3.8) is 0 Å². The largest absolute Gasteiger partial charge is 0.298 e. The third-order valence-corrected chi connectivity index (χ3v) is 2.43. The highest BCUT2D eigenvalue weighted by Gasteiger charge is 2.23. The van der Waals surface area contributed by atoms with E-state index >= 15 is 0 Å². The number of ketones is 1. The monoisotopic (exact) mass is 199 g/mol. The molecular weight excluding hydrogens is 174 g/mol. The lowest BCUT2D eigenvalue weighted by Crippen LogP contribution is -2.45. The molecule has 0 N–H and O–H groups in total. The van der Waals surface area contributed by atoms with Crippen molar-refractivity contribution < 1.29 is 4.79 Å². The lowest BCUT2D eigenvalue weighted by molar-refractivity contribution is -0.124. The van der Waals surface area contributed by atoms with Crippen LogP contribution in [0.2, 0.25) is 0 Å². The Morgan fingerprint density at radius 3 is 2.07 bits per heavy atom. The van der Waals surface area contributed by atoms with Crippen LogP contribution in [-0.4, -0.2) is 29.3 Å². The van der Waals surface area contributed by atoms with Gasteiger partial charge in [0.15, 0.2) is 0 Å². The van der Waals surface area contributed by atoms with Crippen LogP contribution in [-0.2, 0) is 4.79 Å². The van der Waals surface area contributed by atoms with E-state index in [4.69, 9.17) is 0 Å². The smallest absolute Gasteiger partial charge is 0.149 e. The Morgan fingerprint density at radius 2 is 1.79 bits per heavy atom. The molecule has 0 fully saturated rings. The van der Waals surface area contributed by atoms with Crippen molar-refractivity contribution in [1.29, 1.82) is 0 Å². The molecule has 0 aliphatic carbocycles. The molecule has 0 saturated heterocycles. The maximum atomic E-state index is 11.6. The molecule has 0 aliphatic rings. The Morgan fingerprint density at radius 1 is 1.29 bits per heavy atom. The fourth-order valence-corrected chi connectivity index (χ4v) is 1.29. The number of carbonyl (C=O) groups excluding carboxylic acids is 1. The van der Waals surface area contributed by atoms with Crippen molar-refractivity contribution in [3.05, 3.63) is 0 Å². The van der Waals surface area contributed by atoms with Gasteiger partial charge in [-0.1, -0.05) is 20.8 Å². The molecule has 0 aromatic heterocycles. The highest BCUT2D eigenvalue weighted by molar-refractivity contribution is 5.82. The third kappa shape index (κ3) is 4.75. The van der Waals surface area contributed by atoms with Gasteiger partial charge in [-0.3, -0.25) is 9.69 Å². The molecule has 0 heterocycles. The first-order chi connectivity index (χ1) is 6.29. The molecule has 0 aromatic carbocycles. The van der Waals surface area contributed by atoms with Crippen LogP contribution >= 0.6 is 0 Å². The summed E-state index contributed by atoms with van der Waals surface area (Å²) in [5, 5.41) is 0. The summed E-state index contributed by atoms with van der Waals surface area (Å²) in [6.07, 6.45) is 1.10. The number of hydrogen-bond donors (Lipinski definition) is 0. The van der Waals surface area contributed by atoms with E-state index in [-0.39, 0.29) is 11.5 Å². The lowest BCUT2D eigenvalue weighted by Gasteiger charge is -2.35. The molecule has 2 heteroatoms. The van der Waals surface area contributed by atoms with Gasteiger partial charge in [0.05, 0.1) is 6.54 Å². The van der Waals surface area contributed by atoms with Gasteiger partial charge in [0.2, 0.25) is 0 Å². The van der Waals surface area contributed by atoms with E-state index in [2.05, 4.69) is 32.6 Å². The Labute approximate surface area is 88.7 Å². The predicted molar refractivity (Wildman–Crippen MR) is 61.5 cm³/mol. The second-order valence-electron chi connectivity index (χ2n) is 5.21. The average Bonchev–Trinajstić information content (AvgIpc) is 2.01. The van der Waals surface area contributed by atoms with Gasteiger partial charge < -0.3 is 0 Å². The number of hydrogen-bond acceptors (Lipinski definition) is 2. The van der Waals surface area contributed by atoms with E-state index in [1.165, 1.54) is 0 Å². The van der Waals surface area contributed by atoms with E-state index in [0.717, 1.165) is 13.0 Å². The Bertz CT molecular complexity index is 179. The van der Waals surface area contributed by atoms with Gasteiger partial charge >= 0.3 is 0 Å². The number of Topliss-reactive ketones (excluding diaryl/α,β-unsaturated/α-hetero) is 1. The Kier molecular flexibility index (Phi) is 5.35. The highest BCUT2D eigenvalue weighted by atomic mass is 16.1. The van der Waals surface area contributed by atoms with Gasteiger partial charge in [0.25, 0.3) is 0 Å². The van der Waals surface area contributed by atoms with Crippen LogP contribution in [0, 0.1) is 5.92 Å². The molecule has 0 aliphatic heterocycles. The van der Waals surface area contributed by atoms with Crippen LogP contribution in [0.3, 0.4) is 0 Å². The van der Waals surface area contributed by atoms with Crippen molar-refractivity contribution in [2.45, 2.75) is 53.5 Å². The fourth-order valence-electron chi connectivity index (χ4n) is 1.29. The van der Waals surface area contributed by atoms with E-state index in [9.17, 15) is 4.79 Å². The number of nitrogens with zero attached hydrogens (tertiary/aromatic N) is 1. The van der Waals surface area contributed by atoms with Crippen molar-refractivity contribution >= 4 is 5.78 Å². The van der Waals surface area contributed by atoms with E-state index in [1.807, 2.05) is 13.8 Å². The van der Waals surface area contributed by atoms with E-state index in [1.54, 1.807) is 0 Å². The van der Waals surface area contributed by atoms with Crippen molar-refractivity contribution in [1.82, 2.24) is 4.90 Å². The zero-order valence-electron chi connectivity index (χ0n) is 10.6. The fraction of sp³-hybridized carbons (Fsp3) is 0.917. The molecule has 0 spiro atoms. The van der Waals surface area contributed by atoms with E-state index in [0.29, 0.717) is 12.3 Å². The number of carbonyl (C=O) groups is 1. The second-order valence-corrected chi connectivity index (χ2v) is 5.21. The maximum absolute atomic E-state index is 11.6. The van der Waals surface area contributed by atoms with Crippen molar-refractivity contribution in [2.24, 2.45) is 5.92 Å². The normalized spacial score (nSPS) is 12.6. The van der Waals surface area contributed by atoms with Crippen LogP contribution in [0.25, 0.3) is 0 Å². The van der Waals surface area contributed by atoms with Gasteiger partial charge in [-0.25, -0.2) is 0 Å². The minimum absolute atomic E-state index is 0.0978. The first-order valence-electron chi connectivity index (χ1n) is 5.56. The Balaban J connectivity index is 4.31. The molecule has 0 amide bonds. The van der Waals surface area contributed by atoms with Gasteiger partial charge in [0, 0.05) is 11.5 Å². The summed E-state index contributed by atoms with van der Waals surface area (Å²) in [5.41, 5.74) is 0.0978. The molecule has 0 saturated carbocycles. The van der Waals surface area contributed by atoms with Crippen LogP contribution in [0.15, 0.2) is 0 Å². The molecule has 0 aromatic rings. The first kappa shape index (κ1) is 13.6. The van der Waals surface area contributed by atoms with Crippen LogP contribution in [0.1, 0.15) is 48.0 Å². The van der Waals surface area contributed by atoms with Crippen LogP contribution in [0.5, 0.6) is 0 Å². The standard InChI is InChI=1S/C12H25NO/c1-7-8-13(12(4,5)6)9-11(14)10(2)3/h10H,7-9H2,1-6H3. The summed E-state index contributed by atoms with van der Waals surface area (Å²) in [6.45, 7) is 14.2. The van der Waals surface area contributed by atoms with Gasteiger partial charge in [-0.15, -0.1) is 0 Å². The SMILES string of the molecule is CCCN(CC(=O)C(C)C)C(C)(C)C. The summed E-state index contributed by atoms with van der Waals surface area (Å²) >= 11 is 0. The average molecular weight is 199 g/mol. The lowest BCUT2D eigenvalue weighted by atomic mass is 10.0. The van der Waals surface area contributed by atoms with Gasteiger partial charge in [0.1, 0.15) is 5.78 Å². The predicted octanol–water partition coefficient (Wildman–Crippen LogP) is 2.72. The summed E-state index contributed by atoms with van der Waals surface area (Å²) < 4.78 is 0. The summed E-state index contributed by atoms with van der Waals surface area (Å²) in [4.78, 5) is 13.9. The summed E-state index contributed by atoms with van der Waals surface area (Å²) in [5.74, 6) is 0.491. The zero-order valence-corrected chi connectivity index (χ0v) is 10.6. The molecule has 84 valence electrons. The molecule has 14 heavy (non-hydrogen) atoms. The minimum Gasteiger partial charge on any atom is -0.298 e.